The van der Waals surface area contributed by atoms with Crippen LogP contribution in [0, 0.1) is 0 Å². The standard InChI is InChI=1S/C18H22N4O4/c23-15(9-21-7-5-19-13-21)11-25-17-1-2-18(4-3-17)26-12-16(24)10-22-8-6-20-14-22/h1-8,13-16,23-24H,9-12H2/t15-,16+. The van der Waals surface area contributed by atoms with Crippen LogP contribution in [0.25, 0.3) is 0 Å². The summed E-state index contributed by atoms with van der Waals surface area (Å²) >= 11 is 0. The van der Waals surface area contributed by atoms with Gasteiger partial charge in [-0.2, -0.15) is 0 Å². The molecule has 0 unspecified atom stereocenters. The summed E-state index contributed by atoms with van der Waals surface area (Å²) in [4.78, 5) is 7.86. The maximum absolute atomic E-state index is 9.96. The molecule has 26 heavy (non-hydrogen) atoms. The lowest BCUT2D eigenvalue weighted by Crippen LogP contribution is -2.23. The number of benzene rings is 1. The van der Waals surface area contributed by atoms with E-state index in [4.69, 9.17) is 9.47 Å². The molecule has 8 heteroatoms. The Kier molecular flexibility index (Phi) is 6.24. The van der Waals surface area contributed by atoms with Crippen molar-refractivity contribution in [3.8, 4) is 11.5 Å². The monoisotopic (exact) mass is 358 g/mol. The summed E-state index contributed by atoms with van der Waals surface area (Å²) in [6.45, 7) is 1.22. The smallest absolute Gasteiger partial charge is 0.119 e. The minimum absolute atomic E-state index is 0.183. The van der Waals surface area contributed by atoms with Gasteiger partial charge in [0.15, 0.2) is 0 Å². The third-order valence-electron chi connectivity index (χ3n) is 3.67. The first-order chi connectivity index (χ1) is 12.7. The predicted octanol–water partition coefficient (Wildman–Crippen LogP) is 0.959. The van der Waals surface area contributed by atoms with Crippen LogP contribution in [-0.2, 0) is 13.1 Å². The second-order valence-electron chi connectivity index (χ2n) is 5.92. The Balaban J connectivity index is 1.38. The van der Waals surface area contributed by atoms with Gasteiger partial charge in [0.25, 0.3) is 0 Å². The molecule has 0 radical (unpaired) electrons. The summed E-state index contributed by atoms with van der Waals surface area (Å²) in [6.07, 6.45) is 8.95. The molecule has 3 aromatic rings. The van der Waals surface area contributed by atoms with Crippen molar-refractivity contribution in [3.63, 3.8) is 0 Å². The van der Waals surface area contributed by atoms with Gasteiger partial charge in [0, 0.05) is 24.8 Å². The summed E-state index contributed by atoms with van der Waals surface area (Å²) in [5, 5.41) is 19.9. The number of aromatic nitrogens is 4. The van der Waals surface area contributed by atoms with Gasteiger partial charge in [0.1, 0.15) is 36.9 Å². The predicted molar refractivity (Wildman–Crippen MR) is 93.9 cm³/mol. The first-order valence-corrected chi connectivity index (χ1v) is 8.32. The minimum Gasteiger partial charge on any atom is -0.491 e. The largest absolute Gasteiger partial charge is 0.491 e. The lowest BCUT2D eigenvalue weighted by atomic mass is 10.3. The van der Waals surface area contributed by atoms with Crippen molar-refractivity contribution < 1.29 is 19.7 Å². The molecule has 0 aliphatic rings. The molecule has 138 valence electrons. The molecule has 8 nitrogen and oxygen atoms in total. The molecule has 0 amide bonds. The van der Waals surface area contributed by atoms with E-state index in [1.165, 1.54) is 0 Å². The molecular formula is C18H22N4O4. The van der Waals surface area contributed by atoms with E-state index in [1.807, 2.05) is 0 Å². The Hall–Kier alpha value is -2.84. The second-order valence-corrected chi connectivity index (χ2v) is 5.92. The Morgan fingerprint density at radius 3 is 1.54 bits per heavy atom. The van der Waals surface area contributed by atoms with Gasteiger partial charge in [-0.15, -0.1) is 0 Å². The molecule has 0 bridgehead atoms. The Bertz CT molecular complexity index is 679. The molecule has 0 aliphatic carbocycles. The molecule has 2 aromatic heterocycles. The van der Waals surface area contributed by atoms with Crippen LogP contribution in [0.15, 0.2) is 61.7 Å². The van der Waals surface area contributed by atoms with E-state index in [-0.39, 0.29) is 13.2 Å². The van der Waals surface area contributed by atoms with Gasteiger partial charge < -0.3 is 28.8 Å². The highest BCUT2D eigenvalue weighted by Crippen LogP contribution is 2.18. The normalized spacial score (nSPS) is 13.3. The van der Waals surface area contributed by atoms with E-state index < -0.39 is 12.2 Å². The molecule has 0 fully saturated rings. The summed E-state index contributed by atoms with van der Waals surface area (Å²) in [5.41, 5.74) is 0. The summed E-state index contributed by atoms with van der Waals surface area (Å²) in [6, 6.07) is 7.06. The summed E-state index contributed by atoms with van der Waals surface area (Å²) in [5.74, 6) is 1.28. The van der Waals surface area contributed by atoms with E-state index >= 15 is 0 Å². The molecule has 2 atom stereocenters. The molecule has 0 saturated carbocycles. The zero-order valence-electron chi connectivity index (χ0n) is 14.3. The van der Waals surface area contributed by atoms with Crippen LogP contribution in [0.5, 0.6) is 11.5 Å². The lowest BCUT2D eigenvalue weighted by molar-refractivity contribution is 0.0906. The number of hydrogen-bond acceptors (Lipinski definition) is 6. The topological polar surface area (TPSA) is 94.6 Å². The van der Waals surface area contributed by atoms with E-state index in [0.717, 1.165) is 0 Å². The number of aliphatic hydroxyl groups excluding tert-OH is 2. The molecule has 0 saturated heterocycles. The maximum Gasteiger partial charge on any atom is 0.119 e. The fourth-order valence-corrected chi connectivity index (χ4v) is 2.40. The van der Waals surface area contributed by atoms with Crippen LogP contribution in [0.4, 0.5) is 0 Å². The maximum atomic E-state index is 9.96. The highest BCUT2D eigenvalue weighted by Gasteiger charge is 2.08. The van der Waals surface area contributed by atoms with Crippen LogP contribution in [0.1, 0.15) is 0 Å². The molecule has 0 spiro atoms. The van der Waals surface area contributed by atoms with Crippen LogP contribution in [0.2, 0.25) is 0 Å². The lowest BCUT2D eigenvalue weighted by Gasteiger charge is -2.14. The van der Waals surface area contributed by atoms with Gasteiger partial charge in [-0.1, -0.05) is 0 Å². The van der Waals surface area contributed by atoms with Crippen molar-refractivity contribution in [3.05, 3.63) is 61.7 Å². The third-order valence-corrected chi connectivity index (χ3v) is 3.67. The van der Waals surface area contributed by atoms with E-state index in [2.05, 4.69) is 9.97 Å². The Morgan fingerprint density at radius 1 is 0.769 bits per heavy atom. The van der Waals surface area contributed by atoms with Crippen LogP contribution in [-0.4, -0.2) is 54.7 Å². The first-order valence-electron chi connectivity index (χ1n) is 8.32. The average molecular weight is 358 g/mol. The third kappa shape index (κ3) is 5.61. The quantitative estimate of drug-likeness (QED) is 0.561. The van der Waals surface area contributed by atoms with Crippen molar-refractivity contribution >= 4 is 0 Å². The number of aliphatic hydroxyl groups is 2. The number of ether oxygens (including phenoxy) is 2. The van der Waals surface area contributed by atoms with Crippen molar-refractivity contribution in [2.75, 3.05) is 13.2 Å². The van der Waals surface area contributed by atoms with E-state index in [0.29, 0.717) is 24.6 Å². The average Bonchev–Trinajstić information content (AvgIpc) is 3.33. The fraction of sp³-hybridized carbons (Fsp3) is 0.333. The Labute approximate surface area is 151 Å². The molecule has 1 aromatic carbocycles. The highest BCUT2D eigenvalue weighted by atomic mass is 16.5. The van der Waals surface area contributed by atoms with Crippen LogP contribution >= 0.6 is 0 Å². The SMILES string of the molecule is O[C@H](COc1ccc(OC[C@H](O)Cn2ccnc2)cc1)Cn1ccnc1. The van der Waals surface area contributed by atoms with Gasteiger partial charge in [-0.3, -0.25) is 0 Å². The van der Waals surface area contributed by atoms with Crippen LogP contribution in [0.3, 0.4) is 0 Å². The number of rotatable bonds is 10. The molecule has 0 aliphatic heterocycles. The van der Waals surface area contributed by atoms with E-state index in [1.54, 1.807) is 70.8 Å². The van der Waals surface area contributed by atoms with Gasteiger partial charge in [0.2, 0.25) is 0 Å². The zero-order valence-corrected chi connectivity index (χ0v) is 14.3. The summed E-state index contributed by atoms with van der Waals surface area (Å²) in [7, 11) is 0. The van der Waals surface area contributed by atoms with Gasteiger partial charge >= 0.3 is 0 Å². The molecule has 3 rings (SSSR count). The highest BCUT2D eigenvalue weighted by molar-refractivity contribution is 5.31. The molecule has 2 N–H and O–H groups in total. The second kappa shape index (κ2) is 9.02. The van der Waals surface area contributed by atoms with Crippen molar-refractivity contribution in [2.24, 2.45) is 0 Å². The fourth-order valence-electron chi connectivity index (χ4n) is 2.40. The van der Waals surface area contributed by atoms with Crippen molar-refractivity contribution in [1.82, 2.24) is 19.1 Å². The zero-order chi connectivity index (χ0) is 18.2. The van der Waals surface area contributed by atoms with Gasteiger partial charge in [0.05, 0.1) is 25.7 Å². The summed E-state index contributed by atoms with van der Waals surface area (Å²) < 4.78 is 14.7. The minimum atomic E-state index is -0.626. The van der Waals surface area contributed by atoms with Crippen molar-refractivity contribution in [2.45, 2.75) is 25.3 Å². The van der Waals surface area contributed by atoms with Crippen LogP contribution < -0.4 is 9.47 Å². The van der Waals surface area contributed by atoms with E-state index in [9.17, 15) is 10.2 Å². The number of imidazole rings is 2. The van der Waals surface area contributed by atoms with Gasteiger partial charge in [-0.05, 0) is 24.3 Å². The number of hydrogen-bond donors (Lipinski definition) is 2. The number of nitrogens with zero attached hydrogens (tertiary/aromatic N) is 4. The molecule has 2 heterocycles. The van der Waals surface area contributed by atoms with Crippen molar-refractivity contribution in [1.29, 1.82) is 0 Å². The van der Waals surface area contributed by atoms with Gasteiger partial charge in [-0.25, -0.2) is 9.97 Å². The first kappa shape index (κ1) is 18.0. The Morgan fingerprint density at radius 2 is 1.19 bits per heavy atom. The molecular weight excluding hydrogens is 336 g/mol.